The molecule has 152 valence electrons. The van der Waals surface area contributed by atoms with Crippen molar-refractivity contribution in [2.75, 3.05) is 19.6 Å². The fourth-order valence-corrected chi connectivity index (χ4v) is 4.44. The van der Waals surface area contributed by atoms with Crippen LogP contribution in [-0.2, 0) is 11.2 Å². The summed E-state index contributed by atoms with van der Waals surface area (Å²) in [7, 11) is 0. The molecule has 28 heavy (non-hydrogen) atoms. The van der Waals surface area contributed by atoms with E-state index in [1.54, 1.807) is 0 Å². The first-order valence-corrected chi connectivity index (χ1v) is 10.8. The van der Waals surface area contributed by atoms with Crippen molar-refractivity contribution < 1.29 is 4.79 Å². The Hall–Kier alpha value is -1.88. The summed E-state index contributed by atoms with van der Waals surface area (Å²) in [6.45, 7) is 10.5. The number of aryl methyl sites for hydroxylation is 1. The second-order valence-corrected chi connectivity index (χ2v) is 10.0. The minimum Gasteiger partial charge on any atom is -0.353 e. The lowest BCUT2D eigenvalue weighted by molar-refractivity contribution is -0.121. The van der Waals surface area contributed by atoms with Crippen LogP contribution in [0.15, 0.2) is 24.3 Å². The van der Waals surface area contributed by atoms with Crippen LogP contribution in [0, 0.1) is 10.8 Å². The molecule has 1 atom stereocenters. The predicted molar refractivity (Wildman–Crippen MR) is 113 cm³/mol. The molecular formula is C23H34N4O. The number of fused-ring (bicyclic) bond motifs is 1. The highest BCUT2D eigenvalue weighted by atomic mass is 16.1. The molecule has 0 radical (unpaired) electrons. The van der Waals surface area contributed by atoms with Gasteiger partial charge in [-0.05, 0) is 68.3 Å². The lowest BCUT2D eigenvalue weighted by Gasteiger charge is -2.34. The first-order valence-electron chi connectivity index (χ1n) is 10.8. The fourth-order valence-electron chi connectivity index (χ4n) is 4.44. The van der Waals surface area contributed by atoms with E-state index in [1.807, 2.05) is 24.3 Å². The SMILES string of the molecule is CC(C)(C)CCN1CCC2(CC1)CC2NC(=O)CCc1nc2ccccc2[nH]1. The number of hydrogen-bond acceptors (Lipinski definition) is 3. The van der Waals surface area contributed by atoms with Crippen molar-refractivity contribution in [3.63, 3.8) is 0 Å². The zero-order valence-corrected chi connectivity index (χ0v) is 17.6. The summed E-state index contributed by atoms with van der Waals surface area (Å²) in [5, 5.41) is 3.29. The van der Waals surface area contributed by atoms with E-state index in [9.17, 15) is 4.79 Å². The van der Waals surface area contributed by atoms with Crippen LogP contribution < -0.4 is 5.32 Å². The molecule has 1 saturated carbocycles. The molecule has 1 unspecified atom stereocenters. The summed E-state index contributed by atoms with van der Waals surface area (Å²) in [6.07, 6.45) is 6.04. The van der Waals surface area contributed by atoms with Crippen LogP contribution in [0.2, 0.25) is 0 Å². The van der Waals surface area contributed by atoms with Crippen LogP contribution in [0.3, 0.4) is 0 Å². The topological polar surface area (TPSA) is 61.0 Å². The molecular weight excluding hydrogens is 348 g/mol. The quantitative estimate of drug-likeness (QED) is 0.796. The fraction of sp³-hybridized carbons (Fsp3) is 0.652. The second kappa shape index (κ2) is 7.51. The zero-order valence-electron chi connectivity index (χ0n) is 17.6. The van der Waals surface area contributed by atoms with Gasteiger partial charge >= 0.3 is 0 Å². The summed E-state index contributed by atoms with van der Waals surface area (Å²) in [5.41, 5.74) is 2.80. The van der Waals surface area contributed by atoms with Gasteiger partial charge in [0.25, 0.3) is 0 Å². The van der Waals surface area contributed by atoms with E-state index in [4.69, 9.17) is 0 Å². The molecule has 1 aromatic carbocycles. The number of piperidine rings is 1. The second-order valence-electron chi connectivity index (χ2n) is 10.0. The summed E-state index contributed by atoms with van der Waals surface area (Å²) < 4.78 is 0. The molecule has 0 bridgehead atoms. The van der Waals surface area contributed by atoms with E-state index in [2.05, 4.69) is 41.0 Å². The van der Waals surface area contributed by atoms with Crippen molar-refractivity contribution in [2.24, 2.45) is 10.8 Å². The van der Waals surface area contributed by atoms with Crippen molar-refractivity contribution in [1.29, 1.82) is 0 Å². The molecule has 4 rings (SSSR count). The third kappa shape index (κ3) is 4.57. The average Bonchev–Trinajstić information content (AvgIpc) is 3.12. The number of likely N-dealkylation sites (tertiary alicyclic amines) is 1. The summed E-state index contributed by atoms with van der Waals surface area (Å²) in [5.74, 6) is 1.06. The number of nitrogens with zero attached hydrogens (tertiary/aromatic N) is 2. The lowest BCUT2D eigenvalue weighted by Crippen LogP contribution is -2.39. The molecule has 2 aliphatic rings. The van der Waals surface area contributed by atoms with Gasteiger partial charge in [0, 0.05) is 18.9 Å². The Morgan fingerprint density at radius 3 is 2.75 bits per heavy atom. The molecule has 5 nitrogen and oxygen atoms in total. The molecule has 1 amide bonds. The highest BCUT2D eigenvalue weighted by Gasteiger charge is 2.55. The van der Waals surface area contributed by atoms with Crippen LogP contribution in [0.25, 0.3) is 11.0 Å². The first kappa shape index (κ1) is 19.4. The first-order chi connectivity index (χ1) is 13.3. The third-order valence-electron chi connectivity index (χ3n) is 6.58. The van der Waals surface area contributed by atoms with E-state index >= 15 is 0 Å². The molecule has 2 heterocycles. The summed E-state index contributed by atoms with van der Waals surface area (Å²) in [6, 6.07) is 8.39. The Balaban J connectivity index is 1.19. The molecule has 2 fully saturated rings. The number of hydrogen-bond donors (Lipinski definition) is 2. The van der Waals surface area contributed by atoms with Crippen molar-refractivity contribution >= 4 is 16.9 Å². The van der Waals surface area contributed by atoms with Crippen molar-refractivity contribution in [3.05, 3.63) is 30.1 Å². The van der Waals surface area contributed by atoms with Gasteiger partial charge in [-0.15, -0.1) is 0 Å². The summed E-state index contributed by atoms with van der Waals surface area (Å²) in [4.78, 5) is 22.9. The summed E-state index contributed by atoms with van der Waals surface area (Å²) >= 11 is 0. The predicted octanol–water partition coefficient (Wildman–Crippen LogP) is 3.90. The van der Waals surface area contributed by atoms with Crippen LogP contribution in [0.5, 0.6) is 0 Å². The maximum Gasteiger partial charge on any atom is 0.220 e. The number of H-pyrrole nitrogens is 1. The average molecular weight is 383 g/mol. The molecule has 1 aliphatic heterocycles. The standard InChI is InChI=1S/C23H34N4O/c1-22(2,3)10-13-27-14-11-23(12-15-27)16-19(23)26-21(28)9-8-20-24-17-6-4-5-7-18(17)25-20/h4-7,19H,8-16H2,1-3H3,(H,24,25)(H,26,28). The van der Waals surface area contributed by atoms with E-state index < -0.39 is 0 Å². The molecule has 2 aromatic rings. The Kier molecular flexibility index (Phi) is 5.21. The van der Waals surface area contributed by atoms with Gasteiger partial charge in [-0.25, -0.2) is 4.98 Å². The number of aromatic amines is 1. The van der Waals surface area contributed by atoms with Gasteiger partial charge in [0.1, 0.15) is 5.82 Å². The minimum atomic E-state index is 0.164. The molecule has 1 aromatic heterocycles. The van der Waals surface area contributed by atoms with Gasteiger partial charge in [0.2, 0.25) is 5.91 Å². The Morgan fingerprint density at radius 2 is 2.04 bits per heavy atom. The number of para-hydroxylation sites is 2. The maximum absolute atomic E-state index is 12.4. The number of rotatable bonds is 6. The molecule has 5 heteroatoms. The van der Waals surface area contributed by atoms with Crippen molar-refractivity contribution in [3.8, 4) is 0 Å². The number of carbonyl (C=O) groups is 1. The molecule has 1 aliphatic carbocycles. The highest BCUT2D eigenvalue weighted by Crippen LogP contribution is 2.53. The van der Waals surface area contributed by atoms with Crippen LogP contribution >= 0.6 is 0 Å². The maximum atomic E-state index is 12.4. The van der Waals surface area contributed by atoms with Crippen LogP contribution in [-0.4, -0.2) is 46.5 Å². The normalized spacial score (nSPS) is 21.9. The largest absolute Gasteiger partial charge is 0.353 e. The Bertz CT molecular complexity index is 793. The van der Waals surface area contributed by atoms with E-state index in [1.165, 1.54) is 38.9 Å². The van der Waals surface area contributed by atoms with Gasteiger partial charge in [0.15, 0.2) is 0 Å². The number of benzene rings is 1. The van der Waals surface area contributed by atoms with Gasteiger partial charge in [-0.3, -0.25) is 4.79 Å². The highest BCUT2D eigenvalue weighted by molar-refractivity contribution is 5.78. The number of aromatic nitrogens is 2. The number of imidazole rings is 1. The van der Waals surface area contributed by atoms with E-state index in [0.29, 0.717) is 29.7 Å². The van der Waals surface area contributed by atoms with Crippen molar-refractivity contribution in [1.82, 2.24) is 20.2 Å². The minimum absolute atomic E-state index is 0.164. The number of carbonyl (C=O) groups excluding carboxylic acids is 1. The monoisotopic (exact) mass is 382 g/mol. The zero-order chi connectivity index (χ0) is 19.8. The van der Waals surface area contributed by atoms with Crippen LogP contribution in [0.1, 0.15) is 58.7 Å². The van der Waals surface area contributed by atoms with Gasteiger partial charge in [0.05, 0.1) is 11.0 Å². The number of nitrogens with one attached hydrogen (secondary N) is 2. The van der Waals surface area contributed by atoms with Crippen molar-refractivity contribution in [2.45, 2.75) is 65.3 Å². The van der Waals surface area contributed by atoms with Gasteiger partial charge < -0.3 is 15.2 Å². The van der Waals surface area contributed by atoms with E-state index in [-0.39, 0.29) is 5.91 Å². The van der Waals surface area contributed by atoms with E-state index in [0.717, 1.165) is 23.3 Å². The Morgan fingerprint density at radius 1 is 1.29 bits per heavy atom. The third-order valence-corrected chi connectivity index (χ3v) is 6.58. The molecule has 1 spiro atoms. The van der Waals surface area contributed by atoms with Gasteiger partial charge in [-0.2, -0.15) is 0 Å². The number of amides is 1. The Labute approximate surface area is 168 Å². The lowest BCUT2D eigenvalue weighted by atomic mass is 9.89. The van der Waals surface area contributed by atoms with Gasteiger partial charge in [-0.1, -0.05) is 32.9 Å². The molecule has 2 N–H and O–H groups in total. The molecule has 1 saturated heterocycles. The smallest absolute Gasteiger partial charge is 0.220 e. The van der Waals surface area contributed by atoms with Crippen LogP contribution in [0.4, 0.5) is 0 Å².